The predicted molar refractivity (Wildman–Crippen MR) is 122 cm³/mol. The fraction of sp³-hybridized carbons (Fsp3) is 0.182. The van der Waals surface area contributed by atoms with Crippen molar-refractivity contribution in [3.63, 3.8) is 0 Å². The van der Waals surface area contributed by atoms with Gasteiger partial charge in [0.25, 0.3) is 11.5 Å². The number of aromatic nitrogens is 3. The number of thiazole rings is 1. The van der Waals surface area contributed by atoms with E-state index in [1.807, 2.05) is 54.1 Å². The fourth-order valence-corrected chi connectivity index (χ4v) is 4.31. The highest BCUT2D eigenvalue weighted by atomic mass is 32.1. The molecule has 8 heteroatoms. The lowest BCUT2D eigenvalue weighted by Crippen LogP contribution is -2.47. The molecule has 0 saturated carbocycles. The number of nitrogens with one attached hydrogen (secondary N) is 1. The molecule has 1 N–H and O–H groups in total. The van der Waals surface area contributed by atoms with Crippen LogP contribution in [-0.2, 0) is 10.3 Å². The van der Waals surface area contributed by atoms with E-state index in [9.17, 15) is 9.59 Å². The van der Waals surface area contributed by atoms with Crippen molar-refractivity contribution in [2.75, 3.05) is 5.32 Å². The molecule has 6 nitrogen and oxygen atoms in total. The first-order chi connectivity index (χ1) is 14.3. The van der Waals surface area contributed by atoms with Crippen molar-refractivity contribution in [2.45, 2.75) is 26.3 Å². The quantitative estimate of drug-likeness (QED) is 0.489. The van der Waals surface area contributed by atoms with Crippen molar-refractivity contribution >= 4 is 34.3 Å². The first kappa shape index (κ1) is 20.2. The van der Waals surface area contributed by atoms with Gasteiger partial charge in [-0.2, -0.15) is 5.10 Å². The average Bonchev–Trinajstić information content (AvgIpc) is 3.40. The van der Waals surface area contributed by atoms with Gasteiger partial charge in [0.2, 0.25) is 0 Å². The SMILES string of the molecule is Cc1nc(-c2cccc(NC(=O)C(C)(C)n3nc(-c4cccs4)ccc3=O)c2)cs1. The van der Waals surface area contributed by atoms with Crippen LogP contribution < -0.4 is 10.9 Å². The Morgan fingerprint density at radius 1 is 1.07 bits per heavy atom. The van der Waals surface area contributed by atoms with Gasteiger partial charge in [0, 0.05) is 22.7 Å². The maximum atomic E-state index is 13.1. The molecule has 1 aromatic carbocycles. The molecule has 0 aliphatic carbocycles. The van der Waals surface area contributed by atoms with Gasteiger partial charge >= 0.3 is 0 Å². The Labute approximate surface area is 181 Å². The molecule has 0 bridgehead atoms. The Morgan fingerprint density at radius 3 is 2.60 bits per heavy atom. The standard InChI is InChI=1S/C22H20N4O2S2/c1-14-23-18(13-30-14)15-6-4-7-16(12-15)24-21(28)22(2,3)26-20(27)10-9-17(25-26)19-8-5-11-29-19/h4-13H,1-3H3,(H,24,28). The van der Waals surface area contributed by atoms with E-state index >= 15 is 0 Å². The maximum absolute atomic E-state index is 13.1. The number of amides is 1. The van der Waals surface area contributed by atoms with Crippen molar-refractivity contribution in [1.29, 1.82) is 0 Å². The molecule has 0 atom stereocenters. The molecular weight excluding hydrogens is 416 g/mol. The Bertz CT molecular complexity index is 1260. The minimum atomic E-state index is -1.18. The summed E-state index contributed by atoms with van der Waals surface area (Å²) in [5, 5.41) is 12.3. The molecule has 152 valence electrons. The van der Waals surface area contributed by atoms with Gasteiger partial charge in [0.1, 0.15) is 11.2 Å². The zero-order valence-electron chi connectivity index (χ0n) is 16.7. The van der Waals surface area contributed by atoms with Gasteiger partial charge in [-0.05, 0) is 50.4 Å². The van der Waals surface area contributed by atoms with Crippen LogP contribution in [-0.4, -0.2) is 20.7 Å². The number of thiophene rings is 1. The number of nitrogens with zero attached hydrogens (tertiary/aromatic N) is 3. The number of anilines is 1. The Balaban J connectivity index is 1.62. The topological polar surface area (TPSA) is 76.9 Å². The molecule has 0 spiro atoms. The lowest BCUT2D eigenvalue weighted by Gasteiger charge is -2.25. The Morgan fingerprint density at radius 2 is 1.90 bits per heavy atom. The van der Waals surface area contributed by atoms with Crippen LogP contribution in [0.2, 0.25) is 0 Å². The van der Waals surface area contributed by atoms with E-state index in [4.69, 9.17) is 0 Å². The third kappa shape index (κ3) is 3.96. The number of hydrogen-bond donors (Lipinski definition) is 1. The number of hydrogen-bond acceptors (Lipinski definition) is 6. The van der Waals surface area contributed by atoms with E-state index in [2.05, 4.69) is 15.4 Å². The lowest BCUT2D eigenvalue weighted by molar-refractivity contribution is -0.123. The number of carbonyl (C=O) groups excluding carboxylic acids is 1. The summed E-state index contributed by atoms with van der Waals surface area (Å²) < 4.78 is 1.24. The van der Waals surface area contributed by atoms with Crippen LogP contribution >= 0.6 is 22.7 Å². The van der Waals surface area contributed by atoms with Gasteiger partial charge < -0.3 is 5.32 Å². The first-order valence-corrected chi connectivity index (χ1v) is 11.1. The molecule has 1 amide bonds. The molecule has 4 aromatic rings. The summed E-state index contributed by atoms with van der Waals surface area (Å²) in [5.74, 6) is -0.327. The van der Waals surface area contributed by atoms with E-state index in [-0.39, 0.29) is 11.5 Å². The molecule has 3 heterocycles. The maximum Gasteiger partial charge on any atom is 0.267 e. The second kappa shape index (κ2) is 7.97. The van der Waals surface area contributed by atoms with E-state index in [0.717, 1.165) is 21.1 Å². The van der Waals surface area contributed by atoms with Gasteiger partial charge in [0.05, 0.1) is 15.6 Å². The summed E-state index contributed by atoms with van der Waals surface area (Å²) in [6.07, 6.45) is 0. The summed E-state index contributed by atoms with van der Waals surface area (Å²) in [5.41, 5.74) is 1.57. The highest BCUT2D eigenvalue weighted by molar-refractivity contribution is 7.13. The summed E-state index contributed by atoms with van der Waals surface area (Å²) in [7, 11) is 0. The lowest BCUT2D eigenvalue weighted by atomic mass is 10.0. The van der Waals surface area contributed by atoms with Crippen LogP contribution in [0.5, 0.6) is 0 Å². The molecule has 0 radical (unpaired) electrons. The molecule has 0 aliphatic heterocycles. The summed E-state index contributed by atoms with van der Waals surface area (Å²) in [6.45, 7) is 5.32. The molecule has 0 aliphatic rings. The molecule has 0 saturated heterocycles. The smallest absolute Gasteiger partial charge is 0.267 e. The van der Waals surface area contributed by atoms with Gasteiger partial charge in [-0.1, -0.05) is 18.2 Å². The third-order valence-corrected chi connectivity index (χ3v) is 6.36. The van der Waals surface area contributed by atoms with Crippen LogP contribution in [0.15, 0.2) is 64.1 Å². The first-order valence-electron chi connectivity index (χ1n) is 9.33. The summed E-state index contributed by atoms with van der Waals surface area (Å²) in [4.78, 5) is 31.0. The van der Waals surface area contributed by atoms with Crippen LogP contribution in [0.3, 0.4) is 0 Å². The van der Waals surface area contributed by atoms with Crippen molar-refractivity contribution < 1.29 is 4.79 Å². The van der Waals surface area contributed by atoms with E-state index < -0.39 is 5.54 Å². The van der Waals surface area contributed by atoms with Crippen molar-refractivity contribution in [3.8, 4) is 21.8 Å². The predicted octanol–water partition coefficient (Wildman–Crippen LogP) is 4.78. The van der Waals surface area contributed by atoms with E-state index in [0.29, 0.717) is 11.4 Å². The molecule has 4 rings (SSSR count). The molecule has 0 fully saturated rings. The largest absolute Gasteiger partial charge is 0.324 e. The molecule has 30 heavy (non-hydrogen) atoms. The summed E-state index contributed by atoms with van der Waals surface area (Å²) >= 11 is 3.11. The monoisotopic (exact) mass is 436 g/mol. The van der Waals surface area contributed by atoms with Crippen LogP contribution in [0.4, 0.5) is 5.69 Å². The Hall–Kier alpha value is -3.10. The molecule has 3 aromatic heterocycles. The van der Waals surface area contributed by atoms with Gasteiger partial charge in [0.15, 0.2) is 0 Å². The molecule has 0 unspecified atom stereocenters. The van der Waals surface area contributed by atoms with Gasteiger partial charge in [-0.25, -0.2) is 9.67 Å². The van der Waals surface area contributed by atoms with Crippen molar-refractivity contribution in [2.24, 2.45) is 0 Å². The van der Waals surface area contributed by atoms with Crippen LogP contribution in [0.1, 0.15) is 18.9 Å². The van der Waals surface area contributed by atoms with Crippen molar-refractivity contribution in [1.82, 2.24) is 14.8 Å². The van der Waals surface area contributed by atoms with Gasteiger partial charge in [-0.3, -0.25) is 9.59 Å². The van der Waals surface area contributed by atoms with Crippen molar-refractivity contribution in [3.05, 3.63) is 74.7 Å². The van der Waals surface area contributed by atoms with E-state index in [1.165, 1.54) is 22.1 Å². The van der Waals surface area contributed by atoms with Crippen LogP contribution in [0, 0.1) is 6.92 Å². The minimum Gasteiger partial charge on any atom is -0.324 e. The van der Waals surface area contributed by atoms with E-state index in [1.54, 1.807) is 31.3 Å². The second-order valence-corrected chi connectivity index (χ2v) is 9.30. The average molecular weight is 437 g/mol. The third-order valence-electron chi connectivity index (χ3n) is 4.69. The van der Waals surface area contributed by atoms with Gasteiger partial charge in [-0.15, -0.1) is 22.7 Å². The minimum absolute atomic E-state index is 0.327. The number of carbonyl (C=O) groups is 1. The fourth-order valence-electron chi connectivity index (χ4n) is 3.00. The number of benzene rings is 1. The summed E-state index contributed by atoms with van der Waals surface area (Å²) in [6, 6.07) is 14.5. The second-order valence-electron chi connectivity index (χ2n) is 7.29. The van der Waals surface area contributed by atoms with Crippen LogP contribution in [0.25, 0.3) is 21.8 Å². The normalized spacial score (nSPS) is 11.4. The molecular formula is C22H20N4O2S2. The zero-order valence-corrected chi connectivity index (χ0v) is 18.4. The highest BCUT2D eigenvalue weighted by Crippen LogP contribution is 2.26. The number of aryl methyl sites for hydroxylation is 1. The zero-order chi connectivity index (χ0) is 21.3. The Kier molecular flexibility index (Phi) is 5.36. The highest BCUT2D eigenvalue weighted by Gasteiger charge is 2.32. The number of rotatable bonds is 5.